The van der Waals surface area contributed by atoms with Gasteiger partial charge in [0.25, 0.3) is 0 Å². The minimum absolute atomic E-state index is 0.166. The predicted octanol–water partition coefficient (Wildman–Crippen LogP) is 7.02. The Labute approximate surface area is 241 Å². The van der Waals surface area contributed by atoms with Crippen LogP contribution in [0.15, 0.2) is 114 Å². The predicted molar refractivity (Wildman–Crippen MR) is 159 cm³/mol. The minimum atomic E-state index is -1.02. The second-order valence-corrected chi connectivity index (χ2v) is 9.71. The lowest BCUT2D eigenvalue weighted by molar-refractivity contribution is 0.0697. The highest BCUT2D eigenvalue weighted by atomic mass is 32.1. The van der Waals surface area contributed by atoms with Crippen molar-refractivity contribution >= 4 is 29.0 Å². The van der Waals surface area contributed by atoms with E-state index in [1.165, 1.54) is 0 Å². The summed E-state index contributed by atoms with van der Waals surface area (Å²) in [4.78, 5) is 18.4. The van der Waals surface area contributed by atoms with Crippen LogP contribution in [0.1, 0.15) is 33.9 Å². The molecule has 0 amide bonds. The number of carboxylic acids is 1. The van der Waals surface area contributed by atoms with Gasteiger partial charge in [-0.2, -0.15) is 0 Å². The molecule has 204 valence electrons. The van der Waals surface area contributed by atoms with Crippen molar-refractivity contribution in [2.75, 3.05) is 12.0 Å². The maximum absolute atomic E-state index is 11.8. The quantitative estimate of drug-likeness (QED) is 0.193. The molecule has 1 aliphatic heterocycles. The van der Waals surface area contributed by atoms with E-state index in [1.54, 1.807) is 43.6 Å². The number of benzene rings is 3. The number of hydrogen-bond acceptors (Lipinski definition) is 6. The van der Waals surface area contributed by atoms with Crippen LogP contribution in [-0.2, 0) is 0 Å². The summed E-state index contributed by atoms with van der Waals surface area (Å²) in [6.45, 7) is 0. The van der Waals surface area contributed by atoms with Crippen LogP contribution in [0, 0.1) is 0 Å². The molecule has 3 heterocycles. The number of methoxy groups -OCH3 is 1. The molecule has 0 saturated carbocycles. The van der Waals surface area contributed by atoms with Crippen molar-refractivity contribution in [2.24, 2.45) is 0 Å². The maximum Gasteiger partial charge on any atom is 0.336 e. The molecule has 1 fully saturated rings. The number of aromatic carboxylic acids is 1. The second-order valence-electron chi connectivity index (χ2n) is 9.32. The summed E-state index contributed by atoms with van der Waals surface area (Å²) < 4.78 is 17.6. The molecule has 3 aromatic carbocycles. The number of hydrogen-bond donors (Lipinski definition) is 2. The SMILES string of the molecule is COc1ccc(Oc2ccc(N3C(=S)N[C@@H](c4ccccn4)[C@@H]3c3ccc(-c4ccccc4C(=O)O)o3)cc2)cc1. The van der Waals surface area contributed by atoms with Gasteiger partial charge in [0.2, 0.25) is 0 Å². The van der Waals surface area contributed by atoms with Gasteiger partial charge in [-0.25, -0.2) is 4.79 Å². The number of anilines is 1. The molecule has 1 aliphatic rings. The minimum Gasteiger partial charge on any atom is -0.497 e. The average Bonchev–Trinajstić information content (AvgIpc) is 3.63. The maximum atomic E-state index is 11.8. The summed E-state index contributed by atoms with van der Waals surface area (Å²) >= 11 is 5.82. The number of nitrogens with zero attached hydrogens (tertiary/aromatic N) is 2. The van der Waals surface area contributed by atoms with Gasteiger partial charge >= 0.3 is 5.97 Å². The molecule has 1 saturated heterocycles. The highest BCUT2D eigenvalue weighted by molar-refractivity contribution is 7.80. The van der Waals surface area contributed by atoms with Gasteiger partial charge in [-0.05, 0) is 91.1 Å². The fraction of sp³-hybridized carbons (Fsp3) is 0.0938. The molecular formula is C32H25N3O5S. The monoisotopic (exact) mass is 563 g/mol. The molecular weight excluding hydrogens is 538 g/mol. The molecule has 0 unspecified atom stereocenters. The van der Waals surface area contributed by atoms with Crippen molar-refractivity contribution in [2.45, 2.75) is 12.1 Å². The molecule has 2 aromatic heterocycles. The number of furan rings is 1. The molecule has 0 spiro atoms. The zero-order valence-electron chi connectivity index (χ0n) is 21.9. The lowest BCUT2D eigenvalue weighted by Gasteiger charge is -2.26. The molecule has 2 N–H and O–H groups in total. The Morgan fingerprint density at radius 2 is 1.59 bits per heavy atom. The van der Waals surface area contributed by atoms with Gasteiger partial charge in [0.1, 0.15) is 34.8 Å². The Morgan fingerprint density at radius 1 is 0.902 bits per heavy atom. The second kappa shape index (κ2) is 11.1. The van der Waals surface area contributed by atoms with E-state index in [2.05, 4.69) is 10.3 Å². The van der Waals surface area contributed by atoms with E-state index in [0.717, 1.165) is 17.1 Å². The first-order valence-electron chi connectivity index (χ1n) is 12.9. The molecule has 0 bridgehead atoms. The number of rotatable bonds is 8. The van der Waals surface area contributed by atoms with Gasteiger partial charge < -0.3 is 29.2 Å². The molecule has 8 nitrogen and oxygen atoms in total. The Morgan fingerprint density at radius 3 is 2.27 bits per heavy atom. The number of ether oxygens (including phenoxy) is 2. The van der Waals surface area contributed by atoms with Crippen LogP contribution in [0.25, 0.3) is 11.3 Å². The molecule has 6 rings (SSSR count). The zero-order valence-corrected chi connectivity index (χ0v) is 22.7. The summed E-state index contributed by atoms with van der Waals surface area (Å²) in [5.41, 5.74) is 2.29. The topological polar surface area (TPSA) is 97.1 Å². The van der Waals surface area contributed by atoms with Gasteiger partial charge in [0.05, 0.1) is 24.4 Å². The summed E-state index contributed by atoms with van der Waals surface area (Å²) in [6.07, 6.45) is 1.74. The van der Waals surface area contributed by atoms with Gasteiger partial charge in [0.15, 0.2) is 5.11 Å². The Kier molecular flexibility index (Phi) is 7.09. The van der Waals surface area contributed by atoms with E-state index in [9.17, 15) is 9.90 Å². The lowest BCUT2D eigenvalue weighted by Crippen LogP contribution is -2.29. The Balaban J connectivity index is 1.35. The number of aromatic nitrogens is 1. The van der Waals surface area contributed by atoms with Crippen molar-refractivity contribution in [3.63, 3.8) is 0 Å². The van der Waals surface area contributed by atoms with Crippen molar-refractivity contribution in [3.05, 3.63) is 126 Å². The van der Waals surface area contributed by atoms with E-state index in [1.807, 2.05) is 77.7 Å². The standard InChI is InChI=1S/C32H25N3O5S/c1-38-21-13-15-23(16-14-21)39-22-11-9-20(10-12-22)35-30(29(34-32(35)41)26-8-4-5-19-33-26)28-18-17-27(40-28)24-6-2-3-7-25(24)31(36)37/h2-19,29-30H,1H3,(H,34,41)(H,36,37)/t29-,30-/m0/s1. The summed E-state index contributed by atoms with van der Waals surface area (Å²) in [5, 5.41) is 13.6. The molecule has 9 heteroatoms. The van der Waals surface area contributed by atoms with Gasteiger partial charge in [-0.3, -0.25) is 4.98 Å². The third-order valence-electron chi connectivity index (χ3n) is 6.85. The summed E-state index contributed by atoms with van der Waals surface area (Å²) in [5.74, 6) is 2.16. The van der Waals surface area contributed by atoms with Gasteiger partial charge in [-0.15, -0.1) is 0 Å². The van der Waals surface area contributed by atoms with Crippen LogP contribution in [-0.4, -0.2) is 28.3 Å². The highest BCUT2D eigenvalue weighted by Crippen LogP contribution is 2.43. The van der Waals surface area contributed by atoms with E-state index in [-0.39, 0.29) is 11.6 Å². The zero-order chi connectivity index (χ0) is 28.3. The van der Waals surface area contributed by atoms with Crippen molar-refractivity contribution in [1.29, 1.82) is 0 Å². The van der Waals surface area contributed by atoms with Crippen molar-refractivity contribution in [1.82, 2.24) is 10.3 Å². The molecule has 0 radical (unpaired) electrons. The van der Waals surface area contributed by atoms with Crippen LogP contribution >= 0.6 is 12.2 Å². The fourth-order valence-electron chi connectivity index (χ4n) is 4.92. The molecule has 5 aromatic rings. The fourth-order valence-corrected chi connectivity index (χ4v) is 5.26. The van der Waals surface area contributed by atoms with Crippen LogP contribution in [0.3, 0.4) is 0 Å². The van der Waals surface area contributed by atoms with Crippen LogP contribution in [0.2, 0.25) is 0 Å². The summed E-state index contributed by atoms with van der Waals surface area (Å²) in [7, 11) is 1.62. The Hall–Kier alpha value is -5.15. The third kappa shape index (κ3) is 5.22. The number of carbonyl (C=O) groups is 1. The van der Waals surface area contributed by atoms with Gasteiger partial charge in [-0.1, -0.05) is 24.3 Å². The van der Waals surface area contributed by atoms with Gasteiger partial charge in [0, 0.05) is 17.4 Å². The molecule has 2 atom stereocenters. The van der Waals surface area contributed by atoms with E-state index >= 15 is 0 Å². The number of pyridine rings is 1. The highest BCUT2D eigenvalue weighted by Gasteiger charge is 2.42. The lowest BCUT2D eigenvalue weighted by atomic mass is 10.0. The van der Waals surface area contributed by atoms with E-state index < -0.39 is 12.0 Å². The van der Waals surface area contributed by atoms with Crippen molar-refractivity contribution in [3.8, 4) is 28.6 Å². The molecule has 41 heavy (non-hydrogen) atoms. The Bertz CT molecular complexity index is 1690. The van der Waals surface area contributed by atoms with Crippen LogP contribution in [0.5, 0.6) is 17.2 Å². The molecule has 0 aliphatic carbocycles. The third-order valence-corrected chi connectivity index (χ3v) is 7.16. The smallest absolute Gasteiger partial charge is 0.336 e. The number of thiocarbonyl (C=S) groups is 1. The normalized spacial score (nSPS) is 16.3. The van der Waals surface area contributed by atoms with E-state index in [4.69, 9.17) is 26.1 Å². The first-order valence-corrected chi connectivity index (χ1v) is 13.3. The summed E-state index contributed by atoms with van der Waals surface area (Å²) in [6, 6.07) is 30.4. The first kappa shape index (κ1) is 26.1. The van der Waals surface area contributed by atoms with Crippen LogP contribution < -0.4 is 19.7 Å². The average molecular weight is 564 g/mol. The van der Waals surface area contributed by atoms with Crippen molar-refractivity contribution < 1.29 is 23.8 Å². The first-order chi connectivity index (χ1) is 20.0. The van der Waals surface area contributed by atoms with Crippen LogP contribution in [0.4, 0.5) is 5.69 Å². The van der Waals surface area contributed by atoms with E-state index in [0.29, 0.717) is 33.7 Å². The number of carboxylic acid groups (broad SMARTS) is 1. The number of nitrogens with one attached hydrogen (secondary N) is 1. The largest absolute Gasteiger partial charge is 0.497 e.